The van der Waals surface area contributed by atoms with Gasteiger partial charge >= 0.3 is 0 Å². The lowest BCUT2D eigenvalue weighted by Crippen LogP contribution is -2.33. The van der Waals surface area contributed by atoms with Crippen LogP contribution >= 0.6 is 22.6 Å². The Bertz CT molecular complexity index is 455. The summed E-state index contributed by atoms with van der Waals surface area (Å²) < 4.78 is 7.90. The Morgan fingerprint density at radius 1 is 1.67 bits per heavy atom. The van der Waals surface area contributed by atoms with Gasteiger partial charge in [-0.15, -0.1) is 0 Å². The molecule has 1 aromatic rings. The number of nitrogens with one attached hydrogen (secondary N) is 1. The Morgan fingerprint density at radius 2 is 2.50 bits per heavy atom. The predicted molar refractivity (Wildman–Crippen MR) is 77.8 cm³/mol. The first kappa shape index (κ1) is 14.0. The van der Waals surface area contributed by atoms with E-state index in [0.29, 0.717) is 16.2 Å². The number of aryl methyl sites for hydroxylation is 1. The van der Waals surface area contributed by atoms with Crippen LogP contribution in [0.2, 0.25) is 0 Å². The second kappa shape index (κ2) is 6.63. The lowest BCUT2D eigenvalue weighted by Gasteiger charge is -2.12. The fourth-order valence-corrected chi connectivity index (χ4v) is 2.50. The summed E-state index contributed by atoms with van der Waals surface area (Å²) in [4.78, 5) is 16.1. The van der Waals surface area contributed by atoms with Gasteiger partial charge in [-0.2, -0.15) is 0 Å². The van der Waals surface area contributed by atoms with Crippen LogP contribution in [-0.2, 0) is 11.3 Å². The molecular formula is C12H18IN3O2. The van der Waals surface area contributed by atoms with Crippen molar-refractivity contribution in [3.05, 3.63) is 25.9 Å². The average molecular weight is 363 g/mol. The summed E-state index contributed by atoms with van der Waals surface area (Å²) in [6.07, 6.45) is 4.26. The van der Waals surface area contributed by atoms with Gasteiger partial charge in [0, 0.05) is 32.4 Å². The first-order chi connectivity index (χ1) is 8.68. The molecule has 0 amide bonds. The highest BCUT2D eigenvalue weighted by Crippen LogP contribution is 2.10. The van der Waals surface area contributed by atoms with E-state index in [0.717, 1.165) is 38.4 Å². The summed E-state index contributed by atoms with van der Waals surface area (Å²) in [5, 5.41) is 3.33. The van der Waals surface area contributed by atoms with Crippen molar-refractivity contribution in [1.82, 2.24) is 14.9 Å². The molecule has 0 spiro atoms. The summed E-state index contributed by atoms with van der Waals surface area (Å²) in [6, 6.07) is 0. The molecule has 1 atom stereocenters. The van der Waals surface area contributed by atoms with Crippen LogP contribution in [0.25, 0.3) is 0 Å². The van der Waals surface area contributed by atoms with E-state index in [1.807, 2.05) is 29.5 Å². The number of hydrogen-bond donors (Lipinski definition) is 1. The van der Waals surface area contributed by atoms with Crippen LogP contribution in [0.15, 0.2) is 11.0 Å². The van der Waals surface area contributed by atoms with Crippen molar-refractivity contribution in [3.63, 3.8) is 0 Å². The maximum atomic E-state index is 11.9. The molecule has 100 valence electrons. The highest BCUT2D eigenvalue weighted by Gasteiger charge is 2.14. The van der Waals surface area contributed by atoms with Gasteiger partial charge in [0.2, 0.25) is 0 Å². The van der Waals surface area contributed by atoms with Crippen molar-refractivity contribution in [1.29, 1.82) is 0 Å². The standard InChI is InChI=1S/C12H18IN3O2/c1-9-15-8-11(13)12(17)16(9)5-4-14-7-10-3-2-6-18-10/h8,10,14H,2-7H2,1H3. The van der Waals surface area contributed by atoms with Gasteiger partial charge in [0.05, 0.1) is 9.67 Å². The van der Waals surface area contributed by atoms with Gasteiger partial charge in [-0.3, -0.25) is 9.36 Å². The second-order valence-corrected chi connectivity index (χ2v) is 5.61. The zero-order chi connectivity index (χ0) is 13.0. The third-order valence-electron chi connectivity index (χ3n) is 3.11. The third-order valence-corrected chi connectivity index (χ3v) is 3.85. The van der Waals surface area contributed by atoms with Gasteiger partial charge in [-0.05, 0) is 42.4 Å². The van der Waals surface area contributed by atoms with Crippen molar-refractivity contribution in [2.75, 3.05) is 19.7 Å². The summed E-state index contributed by atoms with van der Waals surface area (Å²) in [6.45, 7) is 5.03. The molecule has 1 N–H and O–H groups in total. The van der Waals surface area contributed by atoms with E-state index in [1.165, 1.54) is 0 Å². The van der Waals surface area contributed by atoms with Gasteiger partial charge in [0.1, 0.15) is 5.82 Å². The Hall–Kier alpha value is -0.470. The minimum absolute atomic E-state index is 0.0435. The molecule has 1 fully saturated rings. The summed E-state index contributed by atoms with van der Waals surface area (Å²) >= 11 is 2.02. The van der Waals surface area contributed by atoms with Crippen LogP contribution in [0.3, 0.4) is 0 Å². The molecule has 1 saturated heterocycles. The molecule has 1 aromatic heterocycles. The molecule has 0 saturated carbocycles. The lowest BCUT2D eigenvalue weighted by atomic mass is 10.2. The van der Waals surface area contributed by atoms with Crippen molar-refractivity contribution in [3.8, 4) is 0 Å². The summed E-state index contributed by atoms with van der Waals surface area (Å²) in [5.74, 6) is 0.763. The van der Waals surface area contributed by atoms with Gasteiger partial charge in [0.15, 0.2) is 0 Å². The lowest BCUT2D eigenvalue weighted by molar-refractivity contribution is 0.110. The van der Waals surface area contributed by atoms with E-state index in [-0.39, 0.29) is 5.56 Å². The second-order valence-electron chi connectivity index (χ2n) is 4.45. The van der Waals surface area contributed by atoms with E-state index >= 15 is 0 Å². The molecule has 1 aliphatic heterocycles. The maximum absolute atomic E-state index is 11.9. The molecule has 18 heavy (non-hydrogen) atoms. The summed E-state index contributed by atoms with van der Waals surface area (Å²) in [7, 11) is 0. The van der Waals surface area contributed by atoms with E-state index in [9.17, 15) is 4.79 Å². The summed E-state index contributed by atoms with van der Waals surface area (Å²) in [5.41, 5.74) is 0.0435. The number of hydrogen-bond acceptors (Lipinski definition) is 4. The smallest absolute Gasteiger partial charge is 0.266 e. The predicted octanol–water partition coefficient (Wildman–Crippen LogP) is 0.925. The molecule has 5 nitrogen and oxygen atoms in total. The number of aromatic nitrogens is 2. The van der Waals surface area contributed by atoms with Crippen LogP contribution in [0.5, 0.6) is 0 Å². The van der Waals surface area contributed by atoms with Gasteiger partial charge in [0.25, 0.3) is 5.56 Å². The number of ether oxygens (including phenoxy) is 1. The average Bonchev–Trinajstić information content (AvgIpc) is 2.86. The van der Waals surface area contributed by atoms with Crippen molar-refractivity contribution in [2.45, 2.75) is 32.4 Å². The Morgan fingerprint density at radius 3 is 3.22 bits per heavy atom. The Labute approximate surface area is 120 Å². The first-order valence-electron chi connectivity index (χ1n) is 6.23. The number of halogens is 1. The monoisotopic (exact) mass is 363 g/mol. The highest BCUT2D eigenvalue weighted by molar-refractivity contribution is 14.1. The molecule has 2 rings (SSSR count). The van der Waals surface area contributed by atoms with Crippen LogP contribution in [0.1, 0.15) is 18.7 Å². The highest BCUT2D eigenvalue weighted by atomic mass is 127. The largest absolute Gasteiger partial charge is 0.377 e. The van der Waals surface area contributed by atoms with Crippen LogP contribution in [-0.4, -0.2) is 35.4 Å². The zero-order valence-electron chi connectivity index (χ0n) is 10.5. The zero-order valence-corrected chi connectivity index (χ0v) is 12.6. The molecule has 2 heterocycles. The van der Waals surface area contributed by atoms with Gasteiger partial charge < -0.3 is 10.1 Å². The van der Waals surface area contributed by atoms with E-state index in [2.05, 4.69) is 10.3 Å². The molecule has 0 aromatic carbocycles. The van der Waals surface area contributed by atoms with Crippen LogP contribution < -0.4 is 10.9 Å². The normalized spacial score (nSPS) is 19.3. The Balaban J connectivity index is 1.82. The quantitative estimate of drug-likeness (QED) is 0.625. The van der Waals surface area contributed by atoms with Crippen molar-refractivity contribution in [2.24, 2.45) is 0 Å². The van der Waals surface area contributed by atoms with E-state index < -0.39 is 0 Å². The van der Waals surface area contributed by atoms with Crippen LogP contribution in [0, 0.1) is 10.5 Å². The van der Waals surface area contributed by atoms with Gasteiger partial charge in [-0.25, -0.2) is 4.98 Å². The molecule has 1 unspecified atom stereocenters. The Kier molecular flexibility index (Phi) is 5.13. The SMILES string of the molecule is Cc1ncc(I)c(=O)n1CCNCC1CCCO1. The molecule has 0 bridgehead atoms. The number of rotatable bonds is 5. The minimum atomic E-state index is 0.0435. The fraction of sp³-hybridized carbons (Fsp3) is 0.667. The minimum Gasteiger partial charge on any atom is -0.377 e. The van der Waals surface area contributed by atoms with E-state index in [1.54, 1.807) is 10.8 Å². The molecule has 0 radical (unpaired) electrons. The molecule has 6 heteroatoms. The fourth-order valence-electron chi connectivity index (χ4n) is 2.07. The van der Waals surface area contributed by atoms with Gasteiger partial charge in [-0.1, -0.05) is 0 Å². The number of nitrogens with zero attached hydrogens (tertiary/aromatic N) is 2. The van der Waals surface area contributed by atoms with Crippen molar-refractivity contribution >= 4 is 22.6 Å². The molecular weight excluding hydrogens is 345 g/mol. The van der Waals surface area contributed by atoms with Crippen LogP contribution in [0.4, 0.5) is 0 Å². The maximum Gasteiger partial charge on any atom is 0.266 e. The topological polar surface area (TPSA) is 56.2 Å². The molecule has 1 aliphatic rings. The first-order valence-corrected chi connectivity index (χ1v) is 7.30. The van der Waals surface area contributed by atoms with E-state index in [4.69, 9.17) is 4.74 Å². The third kappa shape index (κ3) is 3.52. The van der Waals surface area contributed by atoms with Crippen molar-refractivity contribution < 1.29 is 4.74 Å². The molecule has 0 aliphatic carbocycles.